The van der Waals surface area contributed by atoms with Crippen molar-refractivity contribution in [3.05, 3.63) is 80.8 Å². The molecule has 0 radical (unpaired) electrons. The van der Waals surface area contributed by atoms with E-state index in [2.05, 4.69) is 82.3 Å². The van der Waals surface area contributed by atoms with Crippen LogP contribution in [0.4, 0.5) is 0 Å². The second-order valence-electron chi connectivity index (χ2n) is 9.98. The molecule has 0 unspecified atom stereocenters. The van der Waals surface area contributed by atoms with Crippen LogP contribution in [0.3, 0.4) is 0 Å². The van der Waals surface area contributed by atoms with Crippen LogP contribution >= 0.6 is 0 Å². The molecule has 0 heterocycles. The molecule has 3 heteroatoms. The van der Waals surface area contributed by atoms with Crippen LogP contribution in [0.15, 0.2) is 58.5 Å². The van der Waals surface area contributed by atoms with Gasteiger partial charge in [-0.25, -0.2) is 0 Å². The van der Waals surface area contributed by atoms with E-state index in [0.717, 1.165) is 0 Å². The number of hydrogen-bond donors (Lipinski definition) is 0. The van der Waals surface area contributed by atoms with Crippen LogP contribution in [0.5, 0.6) is 0 Å². The largest absolute Gasteiger partial charge is 1.00 e. The van der Waals surface area contributed by atoms with Crippen LogP contribution in [0.25, 0.3) is 11.1 Å². The Labute approximate surface area is 212 Å². The number of allylic oxidation sites excluding steroid dienone is 4. The van der Waals surface area contributed by atoms with E-state index in [9.17, 15) is 0 Å². The van der Waals surface area contributed by atoms with Gasteiger partial charge in [0.15, 0.2) is 0 Å². The van der Waals surface area contributed by atoms with Gasteiger partial charge in [0.05, 0.1) is 0 Å². The fourth-order valence-electron chi connectivity index (χ4n) is 5.66. The maximum atomic E-state index is 2.59. The van der Waals surface area contributed by atoms with Crippen molar-refractivity contribution in [1.82, 2.24) is 0 Å². The van der Waals surface area contributed by atoms with Gasteiger partial charge >= 0.3 is 189 Å². The van der Waals surface area contributed by atoms with Gasteiger partial charge in [-0.2, -0.15) is 0 Å². The summed E-state index contributed by atoms with van der Waals surface area (Å²) >= 11 is -1.62. The van der Waals surface area contributed by atoms with E-state index in [4.69, 9.17) is 0 Å². The number of halogens is 2. The minimum atomic E-state index is -1.62. The Morgan fingerprint density at radius 1 is 0.781 bits per heavy atom. The molecule has 1 saturated carbocycles. The van der Waals surface area contributed by atoms with Gasteiger partial charge in [-0.1, -0.05) is 0 Å². The zero-order valence-corrected chi connectivity index (χ0v) is 22.8. The van der Waals surface area contributed by atoms with Gasteiger partial charge < -0.3 is 24.8 Å². The quantitative estimate of drug-likeness (QED) is 0.564. The summed E-state index contributed by atoms with van der Waals surface area (Å²) in [5.41, 5.74) is 9.35. The molecule has 5 rings (SSSR count). The smallest absolute Gasteiger partial charge is 1.00 e. The fourth-order valence-corrected chi connectivity index (χ4v) is 11.7. The molecule has 2 aromatic rings. The number of hydrogen-bond acceptors (Lipinski definition) is 0. The van der Waals surface area contributed by atoms with E-state index in [1.165, 1.54) is 54.4 Å². The van der Waals surface area contributed by atoms with E-state index >= 15 is 0 Å². The molecule has 0 amide bonds. The van der Waals surface area contributed by atoms with E-state index in [1.807, 2.05) is 3.81 Å². The maximum Gasteiger partial charge on any atom is -1.00 e. The van der Waals surface area contributed by atoms with Crippen molar-refractivity contribution in [3.8, 4) is 11.1 Å². The first kappa shape index (κ1) is 25.7. The second kappa shape index (κ2) is 10.6. The van der Waals surface area contributed by atoms with Crippen molar-refractivity contribution in [1.29, 1.82) is 0 Å². The first-order valence-electron chi connectivity index (χ1n) is 11.9. The van der Waals surface area contributed by atoms with Crippen LogP contribution < -0.4 is 24.8 Å². The van der Waals surface area contributed by atoms with Crippen LogP contribution in [0, 0.1) is 0 Å². The van der Waals surface area contributed by atoms with Crippen molar-refractivity contribution < 1.29 is 42.2 Å². The Bertz CT molecular complexity index is 1020. The Kier molecular flexibility index (Phi) is 8.48. The summed E-state index contributed by atoms with van der Waals surface area (Å²) in [5.74, 6) is 1.17. The molecule has 1 fully saturated rings. The molecule has 3 aliphatic rings. The van der Waals surface area contributed by atoms with Crippen molar-refractivity contribution in [2.45, 2.75) is 75.9 Å². The standard InChI is InChI=1S/C19H21.C5H8.C5H5.2ClH.Ti/c1-12(2)14-5-7-18-16(9-14)11-17-10-15(13(3)4)6-8-19(17)18;2*1-2-4-5-3-1;;;/h5-13H,1-4H3;1-4H2;1-3H,4H2;2*1H;/q;;;;;+2/p-2. The summed E-state index contributed by atoms with van der Waals surface area (Å²) in [4.78, 5) is 0. The fraction of sp³-hybridized carbons (Fsp3) is 0.414. The van der Waals surface area contributed by atoms with Crippen molar-refractivity contribution in [2.24, 2.45) is 0 Å². The Hall–Kier alpha value is -0.916. The molecule has 3 aliphatic carbocycles. The minimum Gasteiger partial charge on any atom is -1.00 e. The third-order valence-electron chi connectivity index (χ3n) is 7.39. The second-order valence-corrected chi connectivity index (χ2v) is 14.3. The van der Waals surface area contributed by atoms with Crippen molar-refractivity contribution in [2.75, 3.05) is 0 Å². The first-order valence-corrected chi connectivity index (χ1v) is 14.4. The molecule has 32 heavy (non-hydrogen) atoms. The predicted molar refractivity (Wildman–Crippen MR) is 127 cm³/mol. The number of fused-ring (bicyclic) bond motifs is 3. The van der Waals surface area contributed by atoms with E-state index in [1.54, 1.807) is 15.0 Å². The third-order valence-corrected chi connectivity index (χ3v) is 12.9. The Morgan fingerprint density at radius 3 is 1.75 bits per heavy atom. The summed E-state index contributed by atoms with van der Waals surface area (Å²) < 4.78 is 4.42. The molecular weight excluding hydrogens is 467 g/mol. The topological polar surface area (TPSA) is 0 Å². The summed E-state index contributed by atoms with van der Waals surface area (Å²) in [5, 5.41) is 0. The van der Waals surface area contributed by atoms with Crippen LogP contribution in [-0.4, -0.2) is 3.81 Å². The Balaban J connectivity index is 0.00000144. The molecule has 0 spiro atoms. The molecule has 0 saturated heterocycles. The molecule has 0 bridgehead atoms. The van der Waals surface area contributed by atoms with Crippen molar-refractivity contribution >= 4 is 3.81 Å². The van der Waals surface area contributed by atoms with Crippen LogP contribution in [0.2, 0.25) is 0 Å². The van der Waals surface area contributed by atoms with Gasteiger partial charge in [-0.05, 0) is 0 Å². The van der Waals surface area contributed by atoms with Gasteiger partial charge in [-0.15, -0.1) is 0 Å². The number of rotatable bonds is 4. The molecule has 2 aromatic carbocycles. The first-order chi connectivity index (χ1) is 14.5. The normalized spacial score (nSPS) is 16.4. The molecule has 0 N–H and O–H groups in total. The summed E-state index contributed by atoms with van der Waals surface area (Å²) in [6.45, 7) is 9.34. The van der Waals surface area contributed by atoms with Gasteiger partial charge in [0, 0.05) is 0 Å². The molecule has 0 aromatic heterocycles. The van der Waals surface area contributed by atoms with E-state index in [0.29, 0.717) is 16.1 Å². The maximum absolute atomic E-state index is 2.59. The van der Waals surface area contributed by atoms with Crippen molar-refractivity contribution in [3.63, 3.8) is 0 Å². The molecule has 0 nitrogen and oxygen atoms in total. The molecule has 0 atom stereocenters. The van der Waals surface area contributed by atoms with Gasteiger partial charge in [0.1, 0.15) is 0 Å². The zero-order valence-electron chi connectivity index (χ0n) is 19.7. The summed E-state index contributed by atoms with van der Waals surface area (Å²) in [6, 6.07) is 14.8. The van der Waals surface area contributed by atoms with Gasteiger partial charge in [0.2, 0.25) is 0 Å². The summed E-state index contributed by atoms with van der Waals surface area (Å²) in [6.07, 6.45) is 14.0. The zero-order chi connectivity index (χ0) is 20.8. The molecule has 0 aliphatic heterocycles. The average Bonchev–Trinajstić information content (AvgIpc) is 3.50. The Morgan fingerprint density at radius 2 is 1.31 bits per heavy atom. The summed E-state index contributed by atoms with van der Waals surface area (Å²) in [7, 11) is 0. The monoisotopic (exact) mass is 500 g/mol. The third kappa shape index (κ3) is 4.54. The minimum absolute atomic E-state index is 0. The van der Waals surface area contributed by atoms with Gasteiger partial charge in [0.25, 0.3) is 0 Å². The van der Waals surface area contributed by atoms with Gasteiger partial charge in [-0.3, -0.25) is 0 Å². The average molecular weight is 501 g/mol. The molecule has 168 valence electrons. The van der Waals surface area contributed by atoms with Crippen LogP contribution in [0.1, 0.15) is 98.1 Å². The van der Waals surface area contributed by atoms with E-state index in [-0.39, 0.29) is 24.8 Å². The van der Waals surface area contributed by atoms with Crippen LogP contribution in [-0.2, 0) is 17.4 Å². The predicted octanol–water partition coefficient (Wildman–Crippen LogP) is 2.22. The molecular formula is C29H34Cl2Ti. The SMILES string of the molecule is CC(C)c1ccc2c(c1)[CH]([Ti+2]([C]1=CC=CC1)=[C]1CCCC1)c1cc(C(C)C)ccc1-2.[Cl-].[Cl-]. The number of benzene rings is 2. The van der Waals surface area contributed by atoms with E-state index < -0.39 is 17.4 Å².